The number of para-hydroxylation sites is 1. The van der Waals surface area contributed by atoms with Crippen molar-refractivity contribution in [3.05, 3.63) is 82.9 Å². The van der Waals surface area contributed by atoms with Gasteiger partial charge in [-0.3, -0.25) is 9.79 Å². The van der Waals surface area contributed by atoms with Gasteiger partial charge in [-0.1, -0.05) is 37.5 Å². The monoisotopic (exact) mass is 573 g/mol. The largest absolute Gasteiger partial charge is 0.491 e. The summed E-state index contributed by atoms with van der Waals surface area (Å²) in [5, 5.41) is 14.1. The number of aliphatic imine (C=N–C) groups is 1. The van der Waals surface area contributed by atoms with Crippen LogP contribution >= 0.6 is 0 Å². The number of nitrogens with zero attached hydrogens (tertiary/aromatic N) is 2. The maximum atomic E-state index is 13.9. The van der Waals surface area contributed by atoms with Crippen LogP contribution in [-0.4, -0.2) is 39.4 Å². The summed E-state index contributed by atoms with van der Waals surface area (Å²) in [5.41, 5.74) is 7.95. The molecule has 7 heteroatoms. The lowest BCUT2D eigenvalue weighted by Crippen LogP contribution is -2.59. The van der Waals surface area contributed by atoms with Crippen molar-refractivity contribution in [3.63, 3.8) is 0 Å². The highest BCUT2D eigenvalue weighted by molar-refractivity contribution is 6.07. The fourth-order valence-electron chi connectivity index (χ4n) is 7.80. The van der Waals surface area contributed by atoms with Crippen LogP contribution in [0, 0.1) is 0 Å². The molecule has 0 saturated heterocycles. The Balaban J connectivity index is 1.16. The quantitative estimate of drug-likeness (QED) is 0.260. The highest BCUT2D eigenvalue weighted by Gasteiger charge is 2.45. The number of hydrogen-bond acceptors (Lipinski definition) is 4. The Morgan fingerprint density at radius 3 is 2.56 bits per heavy atom. The van der Waals surface area contributed by atoms with E-state index >= 15 is 0 Å². The number of rotatable bonds is 5. The lowest BCUT2D eigenvalue weighted by Gasteiger charge is -2.42. The number of amides is 1. The Morgan fingerprint density at radius 2 is 1.77 bits per heavy atom. The molecular weight excluding hydrogens is 538 g/mol. The van der Waals surface area contributed by atoms with Gasteiger partial charge in [-0.25, -0.2) is 4.79 Å². The average molecular weight is 574 g/mol. The van der Waals surface area contributed by atoms with Crippen molar-refractivity contribution in [1.82, 2.24) is 9.88 Å². The zero-order chi connectivity index (χ0) is 29.1. The van der Waals surface area contributed by atoms with Gasteiger partial charge >= 0.3 is 5.97 Å². The first-order valence-corrected chi connectivity index (χ1v) is 15.7. The number of aromatic nitrogens is 1. The molecular formula is C36H35N3O4. The van der Waals surface area contributed by atoms with Crippen LogP contribution in [-0.2, 0) is 13.0 Å². The minimum Gasteiger partial charge on any atom is -0.491 e. The minimum atomic E-state index is -0.941. The topological polar surface area (TPSA) is 92.9 Å². The average Bonchev–Trinajstić information content (AvgIpc) is 3.52. The van der Waals surface area contributed by atoms with Crippen molar-refractivity contribution >= 4 is 34.2 Å². The van der Waals surface area contributed by atoms with E-state index in [-0.39, 0.29) is 11.5 Å². The highest BCUT2D eigenvalue weighted by atomic mass is 16.5. The molecule has 2 N–H and O–H groups in total. The van der Waals surface area contributed by atoms with Crippen molar-refractivity contribution in [2.45, 2.75) is 75.8 Å². The number of carboxylic acid groups (broad SMARTS) is 1. The molecule has 1 aromatic heterocycles. The zero-order valence-electron chi connectivity index (χ0n) is 24.2. The zero-order valence-corrected chi connectivity index (χ0v) is 24.2. The van der Waals surface area contributed by atoms with Gasteiger partial charge in [-0.15, -0.1) is 0 Å². The van der Waals surface area contributed by atoms with E-state index in [9.17, 15) is 14.7 Å². The Labute approximate surface area is 250 Å². The van der Waals surface area contributed by atoms with Gasteiger partial charge < -0.3 is 19.7 Å². The molecule has 0 radical (unpaired) electrons. The van der Waals surface area contributed by atoms with Crippen LogP contribution in [0.25, 0.3) is 22.2 Å². The van der Waals surface area contributed by atoms with Crippen molar-refractivity contribution < 1.29 is 19.4 Å². The SMILES string of the molecule is O=C(O)c1ccc2c(c1)CC(C1(NC(=O)c3ccc4c(C5CCCCC5)c5n(c4c3)CCOc3ccccc3-5)CCC1)=N2. The van der Waals surface area contributed by atoms with Crippen LogP contribution in [0.1, 0.15) is 89.1 Å². The van der Waals surface area contributed by atoms with Gasteiger partial charge in [0.2, 0.25) is 0 Å². The molecule has 4 aromatic rings. The van der Waals surface area contributed by atoms with Gasteiger partial charge in [0.1, 0.15) is 12.4 Å². The normalized spacial score (nSPS) is 18.8. The second-order valence-electron chi connectivity index (χ2n) is 12.6. The molecule has 2 aliphatic carbocycles. The summed E-state index contributed by atoms with van der Waals surface area (Å²) >= 11 is 0. The van der Waals surface area contributed by atoms with Crippen LogP contribution < -0.4 is 10.1 Å². The Bertz CT molecular complexity index is 1820. The first kappa shape index (κ1) is 26.3. The summed E-state index contributed by atoms with van der Waals surface area (Å²) in [4.78, 5) is 30.3. The lowest BCUT2D eigenvalue weighted by molar-refractivity contribution is 0.0696. The van der Waals surface area contributed by atoms with E-state index in [4.69, 9.17) is 9.73 Å². The first-order valence-electron chi connectivity index (χ1n) is 15.7. The molecule has 4 aliphatic rings. The maximum absolute atomic E-state index is 13.9. The number of nitrogens with one attached hydrogen (secondary N) is 1. The molecule has 0 spiro atoms. The summed E-state index contributed by atoms with van der Waals surface area (Å²) in [6.45, 7) is 1.32. The summed E-state index contributed by atoms with van der Waals surface area (Å²) in [5.74, 6) is 0.398. The molecule has 0 unspecified atom stereocenters. The predicted octanol–water partition coefficient (Wildman–Crippen LogP) is 7.43. The second-order valence-corrected chi connectivity index (χ2v) is 12.6. The van der Waals surface area contributed by atoms with Crippen molar-refractivity contribution in [1.29, 1.82) is 0 Å². The van der Waals surface area contributed by atoms with Gasteiger partial charge in [0, 0.05) is 34.2 Å². The van der Waals surface area contributed by atoms with Crippen molar-refractivity contribution in [2.24, 2.45) is 4.99 Å². The minimum absolute atomic E-state index is 0.0912. The van der Waals surface area contributed by atoms with E-state index < -0.39 is 11.5 Å². The molecule has 1 amide bonds. The fraction of sp³-hybridized carbons (Fsp3) is 0.361. The molecule has 0 atom stereocenters. The Morgan fingerprint density at radius 1 is 0.953 bits per heavy atom. The van der Waals surface area contributed by atoms with Gasteiger partial charge in [0.15, 0.2) is 0 Å². The summed E-state index contributed by atoms with van der Waals surface area (Å²) in [6.07, 6.45) is 9.44. The van der Waals surface area contributed by atoms with Gasteiger partial charge in [0.05, 0.1) is 29.0 Å². The molecule has 2 fully saturated rings. The summed E-state index contributed by atoms with van der Waals surface area (Å²) in [6, 6.07) is 19.7. The van der Waals surface area contributed by atoms with Crippen LogP contribution in [0.4, 0.5) is 5.69 Å². The van der Waals surface area contributed by atoms with Crippen molar-refractivity contribution in [2.75, 3.05) is 6.61 Å². The lowest BCUT2D eigenvalue weighted by atomic mass is 9.72. The van der Waals surface area contributed by atoms with Gasteiger partial charge in [-0.05, 0) is 91.6 Å². The Hall–Kier alpha value is -4.39. The van der Waals surface area contributed by atoms with E-state index in [0.717, 1.165) is 59.6 Å². The summed E-state index contributed by atoms with van der Waals surface area (Å²) < 4.78 is 8.59. The number of fused-ring (bicyclic) bond motifs is 6. The number of carboxylic acids is 1. The smallest absolute Gasteiger partial charge is 0.335 e. The van der Waals surface area contributed by atoms with E-state index in [0.29, 0.717) is 24.5 Å². The molecule has 7 nitrogen and oxygen atoms in total. The van der Waals surface area contributed by atoms with Crippen molar-refractivity contribution in [3.8, 4) is 17.0 Å². The van der Waals surface area contributed by atoms with E-state index in [2.05, 4.69) is 40.2 Å². The van der Waals surface area contributed by atoms with E-state index in [1.54, 1.807) is 18.2 Å². The molecule has 218 valence electrons. The van der Waals surface area contributed by atoms with Crippen LogP contribution in [0.3, 0.4) is 0 Å². The number of hydrogen-bond donors (Lipinski definition) is 2. The number of benzene rings is 3. The molecule has 2 saturated carbocycles. The standard InChI is InChI=1S/C36H35N3O4/c40-34(38-36(15-6-16-36)31-21-25-19-24(35(41)42)12-14-28(25)37-31)23-11-13-26-29(20-23)39-17-18-43-30-10-5-4-9-27(30)33(39)32(26)22-7-2-1-3-8-22/h4-5,9-14,19-20,22H,1-3,6-8,15-18,21H2,(H,38,40)(H,41,42). The van der Waals surface area contributed by atoms with E-state index in [1.165, 1.54) is 48.7 Å². The maximum Gasteiger partial charge on any atom is 0.335 e. The molecule has 43 heavy (non-hydrogen) atoms. The number of ether oxygens (including phenoxy) is 1. The fourth-order valence-corrected chi connectivity index (χ4v) is 7.80. The molecule has 0 bridgehead atoms. The molecule has 3 heterocycles. The third-order valence-corrected chi connectivity index (χ3v) is 10.1. The van der Waals surface area contributed by atoms with Crippen LogP contribution in [0.2, 0.25) is 0 Å². The number of aromatic carboxylic acids is 1. The molecule has 3 aromatic carbocycles. The van der Waals surface area contributed by atoms with E-state index in [1.807, 2.05) is 12.1 Å². The van der Waals surface area contributed by atoms with Gasteiger partial charge in [0.25, 0.3) is 5.91 Å². The number of carbonyl (C=O) groups excluding carboxylic acids is 1. The third kappa shape index (κ3) is 4.28. The summed E-state index contributed by atoms with van der Waals surface area (Å²) in [7, 11) is 0. The first-order chi connectivity index (χ1) is 21.0. The Kier molecular flexibility index (Phi) is 6.17. The highest BCUT2D eigenvalue weighted by Crippen LogP contribution is 2.47. The van der Waals surface area contributed by atoms with Crippen LogP contribution in [0.5, 0.6) is 5.75 Å². The number of carbonyl (C=O) groups is 2. The second kappa shape index (κ2) is 10.1. The molecule has 8 rings (SSSR count). The molecule has 2 aliphatic heterocycles. The third-order valence-electron chi connectivity index (χ3n) is 10.1. The van der Waals surface area contributed by atoms with Gasteiger partial charge in [-0.2, -0.15) is 0 Å². The van der Waals surface area contributed by atoms with Crippen LogP contribution in [0.15, 0.2) is 65.7 Å². The predicted molar refractivity (Wildman–Crippen MR) is 167 cm³/mol.